The smallest absolute Gasteiger partial charge is 0.270 e. The van der Waals surface area contributed by atoms with Crippen molar-refractivity contribution in [3.05, 3.63) is 68.5 Å². The van der Waals surface area contributed by atoms with Gasteiger partial charge in [-0.15, -0.1) is 0 Å². The van der Waals surface area contributed by atoms with Crippen molar-refractivity contribution in [3.8, 4) is 0 Å². The second-order valence-corrected chi connectivity index (χ2v) is 4.71. The molecular formula is C14H10ClFN2O3. The largest absolute Gasteiger partial charge is 0.319 e. The highest BCUT2D eigenvalue weighted by Crippen LogP contribution is 2.25. The van der Waals surface area contributed by atoms with Crippen molar-refractivity contribution < 1.29 is 14.1 Å². The van der Waals surface area contributed by atoms with Gasteiger partial charge in [0.05, 0.1) is 21.2 Å². The van der Waals surface area contributed by atoms with Crippen LogP contribution in [0.2, 0.25) is 5.02 Å². The molecule has 1 N–H and O–H groups in total. The lowest BCUT2D eigenvalue weighted by molar-refractivity contribution is -0.384. The van der Waals surface area contributed by atoms with Gasteiger partial charge in [0.2, 0.25) is 0 Å². The quantitative estimate of drug-likeness (QED) is 0.689. The zero-order valence-corrected chi connectivity index (χ0v) is 11.6. The van der Waals surface area contributed by atoms with Crippen LogP contribution in [0.4, 0.5) is 15.8 Å². The Balaban J connectivity index is 2.31. The van der Waals surface area contributed by atoms with Crippen LogP contribution in [-0.4, -0.2) is 10.8 Å². The van der Waals surface area contributed by atoms with Crippen molar-refractivity contribution in [1.29, 1.82) is 0 Å². The molecule has 0 fully saturated rings. The van der Waals surface area contributed by atoms with Crippen LogP contribution in [0.15, 0.2) is 36.4 Å². The molecule has 0 saturated heterocycles. The zero-order chi connectivity index (χ0) is 15.6. The van der Waals surface area contributed by atoms with Crippen LogP contribution < -0.4 is 5.32 Å². The van der Waals surface area contributed by atoms with E-state index in [1.54, 1.807) is 13.0 Å². The minimum Gasteiger partial charge on any atom is -0.319 e. The Hall–Kier alpha value is -2.47. The number of aryl methyl sites for hydroxylation is 1. The first-order valence-corrected chi connectivity index (χ1v) is 6.28. The fraction of sp³-hybridized carbons (Fsp3) is 0.0714. The summed E-state index contributed by atoms with van der Waals surface area (Å²) in [5.74, 6) is -1.20. The minimum atomic E-state index is -0.636. The first kappa shape index (κ1) is 14.9. The van der Waals surface area contributed by atoms with E-state index >= 15 is 0 Å². The number of anilines is 1. The minimum absolute atomic E-state index is 0.0323. The van der Waals surface area contributed by atoms with Gasteiger partial charge in [0, 0.05) is 12.1 Å². The SMILES string of the molecule is Cc1cccc(F)c1NC(=O)c1ccc([N+](=O)[O-])cc1Cl. The number of nitro benzene ring substituents is 1. The van der Waals surface area contributed by atoms with E-state index in [4.69, 9.17) is 11.6 Å². The molecule has 0 heterocycles. The summed E-state index contributed by atoms with van der Waals surface area (Å²) >= 11 is 5.86. The number of nitro groups is 1. The molecule has 7 heteroatoms. The molecule has 0 bridgehead atoms. The molecule has 21 heavy (non-hydrogen) atoms. The molecule has 0 aromatic heterocycles. The monoisotopic (exact) mass is 308 g/mol. The highest BCUT2D eigenvalue weighted by Gasteiger charge is 2.17. The van der Waals surface area contributed by atoms with Gasteiger partial charge >= 0.3 is 0 Å². The number of hydrogen-bond acceptors (Lipinski definition) is 3. The number of halogens is 2. The van der Waals surface area contributed by atoms with Gasteiger partial charge in [-0.05, 0) is 24.6 Å². The second kappa shape index (κ2) is 5.88. The summed E-state index contributed by atoms with van der Waals surface area (Å²) in [4.78, 5) is 22.1. The Kier molecular flexibility index (Phi) is 4.18. The molecule has 0 spiro atoms. The molecule has 2 rings (SSSR count). The maximum atomic E-state index is 13.7. The molecule has 2 aromatic rings. The molecule has 1 amide bonds. The number of carbonyl (C=O) groups excluding carboxylic acids is 1. The van der Waals surface area contributed by atoms with E-state index in [9.17, 15) is 19.3 Å². The Morgan fingerprint density at radius 3 is 2.62 bits per heavy atom. The predicted molar refractivity (Wildman–Crippen MR) is 77.2 cm³/mol. The van der Waals surface area contributed by atoms with E-state index in [-0.39, 0.29) is 22.0 Å². The van der Waals surface area contributed by atoms with Crippen molar-refractivity contribution in [2.45, 2.75) is 6.92 Å². The molecule has 108 valence electrons. The van der Waals surface area contributed by atoms with Gasteiger partial charge in [0.25, 0.3) is 11.6 Å². The van der Waals surface area contributed by atoms with E-state index in [0.717, 1.165) is 12.1 Å². The number of para-hydroxylation sites is 1. The predicted octanol–water partition coefficient (Wildman–Crippen LogP) is 3.95. The number of rotatable bonds is 3. The highest BCUT2D eigenvalue weighted by atomic mass is 35.5. The summed E-state index contributed by atoms with van der Waals surface area (Å²) in [5, 5.41) is 13.0. The molecule has 2 aromatic carbocycles. The Bertz CT molecular complexity index is 714. The maximum absolute atomic E-state index is 13.7. The number of hydrogen-bond donors (Lipinski definition) is 1. The third-order valence-corrected chi connectivity index (χ3v) is 3.18. The van der Waals surface area contributed by atoms with E-state index in [2.05, 4.69) is 5.32 Å². The van der Waals surface area contributed by atoms with E-state index in [1.165, 1.54) is 18.2 Å². The van der Waals surface area contributed by atoms with E-state index in [0.29, 0.717) is 5.56 Å². The molecular weight excluding hydrogens is 299 g/mol. The lowest BCUT2D eigenvalue weighted by Crippen LogP contribution is -2.14. The molecule has 0 aliphatic heterocycles. The molecule has 0 atom stereocenters. The van der Waals surface area contributed by atoms with Crippen LogP contribution in [-0.2, 0) is 0 Å². The van der Waals surface area contributed by atoms with Gasteiger partial charge in [0.15, 0.2) is 0 Å². The summed E-state index contributed by atoms with van der Waals surface area (Å²) in [5.41, 5.74) is 0.418. The highest BCUT2D eigenvalue weighted by molar-refractivity contribution is 6.34. The third-order valence-electron chi connectivity index (χ3n) is 2.87. The van der Waals surface area contributed by atoms with Crippen molar-refractivity contribution >= 4 is 28.9 Å². The van der Waals surface area contributed by atoms with Gasteiger partial charge in [-0.3, -0.25) is 14.9 Å². The lowest BCUT2D eigenvalue weighted by atomic mass is 10.1. The van der Waals surface area contributed by atoms with Crippen LogP contribution in [0.5, 0.6) is 0 Å². The summed E-state index contributed by atoms with van der Waals surface area (Å²) in [6.07, 6.45) is 0. The fourth-order valence-electron chi connectivity index (χ4n) is 1.77. The molecule has 0 unspecified atom stereocenters. The van der Waals surface area contributed by atoms with Gasteiger partial charge in [-0.2, -0.15) is 0 Å². The van der Waals surface area contributed by atoms with Crippen LogP contribution in [0.25, 0.3) is 0 Å². The molecule has 0 aliphatic carbocycles. The average molecular weight is 309 g/mol. The van der Waals surface area contributed by atoms with Crippen molar-refractivity contribution in [1.82, 2.24) is 0 Å². The Morgan fingerprint density at radius 2 is 2.05 bits per heavy atom. The van der Waals surface area contributed by atoms with Crippen LogP contribution in [0.1, 0.15) is 15.9 Å². The molecule has 0 saturated carbocycles. The lowest BCUT2D eigenvalue weighted by Gasteiger charge is -2.10. The van der Waals surface area contributed by atoms with Gasteiger partial charge in [0.1, 0.15) is 5.82 Å². The molecule has 5 nitrogen and oxygen atoms in total. The van der Waals surface area contributed by atoms with Gasteiger partial charge < -0.3 is 5.32 Å². The number of carbonyl (C=O) groups is 1. The fourth-order valence-corrected chi connectivity index (χ4v) is 2.03. The number of benzene rings is 2. The average Bonchev–Trinajstić information content (AvgIpc) is 2.42. The number of nitrogens with zero attached hydrogens (tertiary/aromatic N) is 1. The summed E-state index contributed by atoms with van der Waals surface area (Å²) in [6, 6.07) is 7.86. The van der Waals surface area contributed by atoms with Gasteiger partial charge in [-0.25, -0.2) is 4.39 Å². The maximum Gasteiger partial charge on any atom is 0.270 e. The number of nitrogens with one attached hydrogen (secondary N) is 1. The summed E-state index contributed by atoms with van der Waals surface area (Å²) < 4.78 is 13.7. The first-order chi connectivity index (χ1) is 9.90. The number of amides is 1. The summed E-state index contributed by atoms with van der Waals surface area (Å²) in [6.45, 7) is 1.65. The Labute approximate surface area is 124 Å². The topological polar surface area (TPSA) is 72.2 Å². The summed E-state index contributed by atoms with van der Waals surface area (Å²) in [7, 11) is 0. The second-order valence-electron chi connectivity index (χ2n) is 4.31. The van der Waals surface area contributed by atoms with Crippen molar-refractivity contribution in [2.24, 2.45) is 0 Å². The van der Waals surface area contributed by atoms with Crippen LogP contribution in [0, 0.1) is 22.9 Å². The van der Waals surface area contributed by atoms with Crippen molar-refractivity contribution in [2.75, 3.05) is 5.32 Å². The number of non-ortho nitro benzene ring substituents is 1. The zero-order valence-electron chi connectivity index (χ0n) is 10.9. The molecule has 0 aliphatic rings. The normalized spacial score (nSPS) is 10.2. The van der Waals surface area contributed by atoms with Gasteiger partial charge in [-0.1, -0.05) is 23.7 Å². The van der Waals surface area contributed by atoms with E-state index < -0.39 is 16.6 Å². The first-order valence-electron chi connectivity index (χ1n) is 5.90. The van der Waals surface area contributed by atoms with E-state index in [1.807, 2.05) is 0 Å². The Morgan fingerprint density at radius 1 is 1.33 bits per heavy atom. The van der Waals surface area contributed by atoms with Crippen molar-refractivity contribution in [3.63, 3.8) is 0 Å². The van der Waals surface area contributed by atoms with Crippen LogP contribution >= 0.6 is 11.6 Å². The van der Waals surface area contributed by atoms with Crippen LogP contribution in [0.3, 0.4) is 0 Å². The molecule has 0 radical (unpaired) electrons. The standard InChI is InChI=1S/C14H10ClFN2O3/c1-8-3-2-4-12(16)13(8)17-14(19)10-6-5-9(18(20)21)7-11(10)15/h2-7H,1H3,(H,17,19). The third kappa shape index (κ3) is 3.17.